The number of carbonyl (C=O) groups is 1. The lowest BCUT2D eigenvalue weighted by Crippen LogP contribution is -2.36. The minimum absolute atomic E-state index is 0.177. The number of aromatic nitrogens is 1. The lowest BCUT2D eigenvalue weighted by molar-refractivity contribution is -0.117. The molecule has 0 saturated carbocycles. The van der Waals surface area contributed by atoms with E-state index in [0.29, 0.717) is 30.9 Å². The number of pyridine rings is 1. The lowest BCUT2D eigenvalue weighted by atomic mass is 10.1. The number of unbranched alkanes of at least 4 members (excludes halogenated alkanes) is 1. The second kappa shape index (κ2) is 9.66. The highest BCUT2D eigenvalue weighted by atomic mass is 32.2. The molecule has 1 aromatic heterocycles. The van der Waals surface area contributed by atoms with Gasteiger partial charge in [0.05, 0.1) is 30.0 Å². The molecule has 170 valence electrons. The summed E-state index contributed by atoms with van der Waals surface area (Å²) in [5.74, 6) is 0.749. The van der Waals surface area contributed by atoms with E-state index in [4.69, 9.17) is 4.74 Å². The molecule has 4 rings (SSSR count). The molecule has 2 N–H and O–H groups in total. The minimum atomic E-state index is -3.66. The van der Waals surface area contributed by atoms with E-state index in [9.17, 15) is 13.2 Å². The Bertz CT molecular complexity index is 1100. The summed E-state index contributed by atoms with van der Waals surface area (Å²) in [6.07, 6.45) is 3.82. The predicted molar refractivity (Wildman–Crippen MR) is 123 cm³/mol. The number of ether oxygens (including phenoxy) is 1. The molecule has 1 atom stereocenters. The van der Waals surface area contributed by atoms with Crippen molar-refractivity contribution in [2.45, 2.75) is 37.1 Å². The number of hydrogen-bond donors (Lipinski definition) is 2. The van der Waals surface area contributed by atoms with Crippen LogP contribution in [0.5, 0.6) is 0 Å². The Balaban J connectivity index is 1.51. The van der Waals surface area contributed by atoms with Crippen LogP contribution in [0, 0.1) is 0 Å². The quantitative estimate of drug-likeness (QED) is 0.659. The zero-order valence-electron chi connectivity index (χ0n) is 18.0. The average molecular weight is 458 g/mol. The molecule has 0 aliphatic carbocycles. The zero-order valence-corrected chi connectivity index (χ0v) is 18.8. The summed E-state index contributed by atoms with van der Waals surface area (Å²) in [5, 5.41) is 2.87. The number of amides is 1. The van der Waals surface area contributed by atoms with Crippen molar-refractivity contribution in [1.29, 1.82) is 0 Å². The van der Waals surface area contributed by atoms with Crippen LogP contribution >= 0.6 is 0 Å². The number of fused-ring (bicyclic) bond motifs is 1. The molecule has 32 heavy (non-hydrogen) atoms. The molecular formula is C22H27N5O4S. The van der Waals surface area contributed by atoms with Gasteiger partial charge in [-0.1, -0.05) is 31.9 Å². The van der Waals surface area contributed by atoms with Crippen molar-refractivity contribution in [3.8, 4) is 0 Å². The van der Waals surface area contributed by atoms with Crippen LogP contribution in [0.4, 0.5) is 11.5 Å². The van der Waals surface area contributed by atoms with E-state index in [1.54, 1.807) is 24.4 Å². The predicted octanol–water partition coefficient (Wildman–Crippen LogP) is 2.15. The van der Waals surface area contributed by atoms with Gasteiger partial charge in [0, 0.05) is 18.7 Å². The highest BCUT2D eigenvalue weighted by Gasteiger charge is 2.31. The molecule has 10 heteroatoms. The Kier molecular flexibility index (Phi) is 6.71. The smallest absolute Gasteiger partial charge is 0.263 e. The molecule has 1 aromatic carbocycles. The molecular weight excluding hydrogens is 430 g/mol. The van der Waals surface area contributed by atoms with E-state index in [1.165, 1.54) is 6.07 Å². The summed E-state index contributed by atoms with van der Waals surface area (Å²) in [7, 11) is -3.66. The maximum absolute atomic E-state index is 13.0. The van der Waals surface area contributed by atoms with Crippen LogP contribution in [-0.2, 0) is 19.6 Å². The molecule has 1 amide bonds. The van der Waals surface area contributed by atoms with E-state index < -0.39 is 16.1 Å². The fraction of sp³-hybridized carbons (Fsp3) is 0.409. The summed E-state index contributed by atoms with van der Waals surface area (Å²) >= 11 is 0. The van der Waals surface area contributed by atoms with Crippen molar-refractivity contribution in [1.82, 2.24) is 9.71 Å². The van der Waals surface area contributed by atoms with Crippen LogP contribution in [-0.4, -0.2) is 57.5 Å². The number of carbonyl (C=O) groups excluding carboxylic acids is 1. The molecule has 9 nitrogen and oxygen atoms in total. The highest BCUT2D eigenvalue weighted by Crippen LogP contribution is 2.23. The number of sulfonamides is 1. The molecule has 0 unspecified atom stereocenters. The molecule has 0 spiro atoms. The van der Waals surface area contributed by atoms with Crippen molar-refractivity contribution in [2.75, 3.05) is 36.5 Å². The van der Waals surface area contributed by atoms with Crippen LogP contribution in [0.15, 0.2) is 52.5 Å². The van der Waals surface area contributed by atoms with Crippen molar-refractivity contribution in [3.63, 3.8) is 0 Å². The summed E-state index contributed by atoms with van der Waals surface area (Å²) in [6.45, 7) is 4.95. The van der Waals surface area contributed by atoms with Crippen molar-refractivity contribution < 1.29 is 17.9 Å². The molecule has 1 fully saturated rings. The Morgan fingerprint density at radius 1 is 1.25 bits per heavy atom. The van der Waals surface area contributed by atoms with Gasteiger partial charge in [-0.2, -0.15) is 0 Å². The van der Waals surface area contributed by atoms with E-state index in [-0.39, 0.29) is 16.6 Å². The van der Waals surface area contributed by atoms with Crippen molar-refractivity contribution in [3.05, 3.63) is 48.2 Å². The summed E-state index contributed by atoms with van der Waals surface area (Å²) in [4.78, 5) is 24.3. The second-order valence-corrected chi connectivity index (χ2v) is 9.38. The van der Waals surface area contributed by atoms with Crippen molar-refractivity contribution in [2.24, 2.45) is 4.99 Å². The highest BCUT2D eigenvalue weighted by molar-refractivity contribution is 7.90. The molecule has 3 heterocycles. The van der Waals surface area contributed by atoms with E-state index in [2.05, 4.69) is 24.9 Å². The van der Waals surface area contributed by atoms with Crippen LogP contribution in [0.25, 0.3) is 0 Å². The molecule has 2 aromatic rings. The first-order chi connectivity index (χ1) is 15.5. The van der Waals surface area contributed by atoms with Crippen LogP contribution < -0.4 is 14.9 Å². The van der Waals surface area contributed by atoms with Gasteiger partial charge in [0.25, 0.3) is 10.0 Å². The number of nitrogens with one attached hydrogen (secondary N) is 2. The topological polar surface area (TPSA) is 113 Å². The van der Waals surface area contributed by atoms with Gasteiger partial charge in [-0.05, 0) is 30.7 Å². The summed E-state index contributed by atoms with van der Waals surface area (Å²) < 4.78 is 32.6. The summed E-state index contributed by atoms with van der Waals surface area (Å²) in [5.41, 5.74) is 1.06. The van der Waals surface area contributed by atoms with Gasteiger partial charge < -0.3 is 15.0 Å². The fourth-order valence-electron chi connectivity index (χ4n) is 3.70. The number of nitrogens with zero attached hydrogens (tertiary/aromatic N) is 3. The number of anilines is 2. The third-order valence-corrected chi connectivity index (χ3v) is 6.83. The van der Waals surface area contributed by atoms with Gasteiger partial charge in [0.2, 0.25) is 5.91 Å². The van der Waals surface area contributed by atoms with Gasteiger partial charge >= 0.3 is 0 Å². The molecule has 0 radical (unpaired) electrons. The van der Waals surface area contributed by atoms with Crippen molar-refractivity contribution >= 4 is 33.3 Å². The van der Waals surface area contributed by atoms with Gasteiger partial charge in [-0.15, -0.1) is 0 Å². The Morgan fingerprint density at radius 2 is 2.03 bits per heavy atom. The molecule has 2 aliphatic heterocycles. The Morgan fingerprint density at radius 3 is 2.75 bits per heavy atom. The largest absolute Gasteiger partial charge is 0.378 e. The monoisotopic (exact) mass is 457 g/mol. The van der Waals surface area contributed by atoms with E-state index in [0.717, 1.165) is 31.7 Å². The second-order valence-electron chi connectivity index (χ2n) is 7.73. The summed E-state index contributed by atoms with van der Waals surface area (Å²) in [6, 6.07) is 9.59. The zero-order chi connectivity index (χ0) is 22.6. The lowest BCUT2D eigenvalue weighted by Gasteiger charge is -2.27. The van der Waals surface area contributed by atoms with Crippen LogP contribution in [0.3, 0.4) is 0 Å². The molecule has 2 aliphatic rings. The standard InChI is InChI=1S/C22H27N5O4S/c1-2-3-7-18(25-21-17-6-4-5-8-19(17)32(29,30)26-21)22(28)24-16-9-10-20(23-15-16)27-11-13-31-14-12-27/h4-6,8-10,15,18H,2-3,7,11-14H2,1H3,(H,24,28)(H,25,26)/t18-/m0/s1. The first kappa shape index (κ1) is 22.2. The SMILES string of the molecule is CCCC[C@H](N=C1NS(=O)(=O)c2ccccc21)C(=O)Nc1ccc(N2CCOCC2)nc1. The maximum atomic E-state index is 13.0. The average Bonchev–Trinajstić information content (AvgIpc) is 3.07. The minimum Gasteiger partial charge on any atom is -0.378 e. The van der Waals surface area contributed by atoms with E-state index in [1.807, 2.05) is 19.1 Å². The number of benzene rings is 1. The number of rotatable bonds is 7. The third kappa shape index (κ3) is 4.91. The number of aliphatic imine (C=N–C) groups is 1. The first-order valence-corrected chi connectivity index (χ1v) is 12.3. The van der Waals surface area contributed by atoms with Crippen LogP contribution in [0.1, 0.15) is 31.7 Å². The maximum Gasteiger partial charge on any atom is 0.263 e. The number of hydrogen-bond acceptors (Lipinski definition) is 7. The van der Waals surface area contributed by atoms with Gasteiger partial charge in [0.15, 0.2) is 0 Å². The van der Waals surface area contributed by atoms with E-state index >= 15 is 0 Å². The van der Waals surface area contributed by atoms with Gasteiger partial charge in [-0.3, -0.25) is 14.5 Å². The molecule has 1 saturated heterocycles. The van der Waals surface area contributed by atoms with Gasteiger partial charge in [-0.25, -0.2) is 13.4 Å². The molecule has 0 bridgehead atoms. The number of morpholine rings is 1. The van der Waals surface area contributed by atoms with Gasteiger partial charge in [0.1, 0.15) is 17.7 Å². The van der Waals surface area contributed by atoms with Crippen LogP contribution in [0.2, 0.25) is 0 Å². The Hall–Kier alpha value is -2.98. The third-order valence-electron chi connectivity index (χ3n) is 5.43. The normalized spacial score (nSPS) is 19.3. The Labute approximate surface area is 188 Å². The number of amidine groups is 1. The fourth-order valence-corrected chi connectivity index (χ4v) is 4.94. The first-order valence-electron chi connectivity index (χ1n) is 10.8.